The number of aromatic nitrogens is 3. The fourth-order valence-electron chi connectivity index (χ4n) is 4.34. The Bertz CT molecular complexity index is 616. The molecule has 2 fully saturated rings. The topological polar surface area (TPSA) is 41.6 Å². The van der Waals surface area contributed by atoms with Crippen LogP contribution in [0.2, 0.25) is 0 Å². The first-order valence-electron chi connectivity index (χ1n) is 8.12. The normalized spacial score (nSPS) is 30.4. The Kier molecular flexibility index (Phi) is 3.01. The lowest BCUT2D eigenvalue weighted by molar-refractivity contribution is 0.153. The molecule has 0 spiro atoms. The van der Waals surface area contributed by atoms with Gasteiger partial charge in [-0.1, -0.05) is 25.7 Å². The number of hydrogen-bond acceptors (Lipinski definition) is 2. The number of pyridine rings is 1. The van der Waals surface area contributed by atoms with Gasteiger partial charge in [0.05, 0.1) is 5.52 Å². The van der Waals surface area contributed by atoms with Crippen LogP contribution in [0.15, 0.2) is 12.3 Å². The Morgan fingerprint density at radius 3 is 2.85 bits per heavy atom. The van der Waals surface area contributed by atoms with Gasteiger partial charge in [0.1, 0.15) is 5.82 Å². The Morgan fingerprint density at radius 1 is 1.10 bits per heavy atom. The van der Waals surface area contributed by atoms with Gasteiger partial charge in [0.15, 0.2) is 5.65 Å². The van der Waals surface area contributed by atoms with Crippen LogP contribution >= 0.6 is 0 Å². The lowest BCUT2D eigenvalue weighted by Gasteiger charge is -2.38. The molecule has 3 unspecified atom stereocenters. The van der Waals surface area contributed by atoms with Gasteiger partial charge >= 0.3 is 0 Å². The smallest absolute Gasteiger partial charge is 0.177 e. The summed E-state index contributed by atoms with van der Waals surface area (Å²) in [7, 11) is 0. The maximum atomic E-state index is 4.75. The minimum absolute atomic E-state index is 0.629. The molecule has 2 aromatic heterocycles. The van der Waals surface area contributed by atoms with Gasteiger partial charge in [0.25, 0.3) is 0 Å². The van der Waals surface area contributed by atoms with Crippen molar-refractivity contribution in [2.75, 3.05) is 0 Å². The van der Waals surface area contributed by atoms with Crippen LogP contribution in [-0.2, 0) is 0 Å². The number of nitrogens with one attached hydrogen (secondary N) is 1. The monoisotopic (exact) mass is 269 g/mol. The highest BCUT2D eigenvalue weighted by molar-refractivity contribution is 5.71. The molecule has 3 atom stereocenters. The predicted molar refractivity (Wildman–Crippen MR) is 80.7 cm³/mol. The molecule has 2 saturated carbocycles. The molecule has 4 rings (SSSR count). The van der Waals surface area contributed by atoms with E-state index in [1.807, 2.05) is 6.20 Å². The molecule has 0 bridgehead atoms. The van der Waals surface area contributed by atoms with Gasteiger partial charge in [-0.2, -0.15) is 0 Å². The summed E-state index contributed by atoms with van der Waals surface area (Å²) < 4.78 is 0. The summed E-state index contributed by atoms with van der Waals surface area (Å²) in [5.74, 6) is 3.76. The zero-order chi connectivity index (χ0) is 13.5. The van der Waals surface area contributed by atoms with Gasteiger partial charge in [-0.3, -0.25) is 0 Å². The first-order chi connectivity index (χ1) is 9.79. The van der Waals surface area contributed by atoms with Crippen molar-refractivity contribution in [1.29, 1.82) is 0 Å². The number of aromatic amines is 1. The summed E-state index contributed by atoms with van der Waals surface area (Å²) in [6.45, 7) is 2.08. The van der Waals surface area contributed by atoms with Crippen LogP contribution < -0.4 is 0 Å². The predicted octanol–water partition coefficient (Wildman–Crippen LogP) is 4.34. The van der Waals surface area contributed by atoms with Crippen molar-refractivity contribution in [1.82, 2.24) is 15.0 Å². The molecule has 0 radical (unpaired) electrons. The van der Waals surface area contributed by atoms with Crippen LogP contribution in [-0.4, -0.2) is 15.0 Å². The van der Waals surface area contributed by atoms with Gasteiger partial charge in [-0.25, -0.2) is 9.97 Å². The maximum Gasteiger partial charge on any atom is 0.177 e. The molecule has 2 aliphatic rings. The van der Waals surface area contributed by atoms with Gasteiger partial charge < -0.3 is 4.98 Å². The van der Waals surface area contributed by atoms with Crippen LogP contribution in [0.3, 0.4) is 0 Å². The molecule has 0 aliphatic heterocycles. The minimum Gasteiger partial charge on any atom is -0.340 e. The number of rotatable bonds is 1. The Balaban J connectivity index is 1.59. The molecule has 2 aliphatic carbocycles. The molecule has 0 saturated heterocycles. The highest BCUT2D eigenvalue weighted by Gasteiger charge is 2.33. The Morgan fingerprint density at radius 2 is 1.95 bits per heavy atom. The number of fused-ring (bicyclic) bond motifs is 2. The van der Waals surface area contributed by atoms with E-state index in [0.717, 1.165) is 23.0 Å². The molecule has 2 aromatic rings. The van der Waals surface area contributed by atoms with Crippen molar-refractivity contribution < 1.29 is 0 Å². The van der Waals surface area contributed by atoms with E-state index < -0.39 is 0 Å². The van der Waals surface area contributed by atoms with Crippen molar-refractivity contribution in [3.05, 3.63) is 23.7 Å². The summed E-state index contributed by atoms with van der Waals surface area (Å²) >= 11 is 0. The molecule has 3 nitrogen and oxygen atoms in total. The molecular weight excluding hydrogens is 246 g/mol. The molecule has 2 heterocycles. The standard InChI is InChI=1S/C17H23N3/c1-11-8-15-17(18-10-11)20-16(19-15)14-7-6-12-4-2-3-5-13(12)9-14/h8,10,12-14H,2-7,9H2,1H3,(H,18,19,20). The molecular formula is C17H23N3. The molecule has 0 aromatic carbocycles. The SMILES string of the molecule is Cc1cnc2nc(C3CCC4CCCCC4C3)[nH]c2c1. The summed E-state index contributed by atoms with van der Waals surface area (Å²) in [6.07, 6.45) is 11.8. The largest absolute Gasteiger partial charge is 0.340 e. The van der Waals surface area contributed by atoms with Crippen molar-refractivity contribution in [2.45, 2.75) is 57.8 Å². The van der Waals surface area contributed by atoms with Gasteiger partial charge in [0.2, 0.25) is 0 Å². The zero-order valence-electron chi connectivity index (χ0n) is 12.2. The van der Waals surface area contributed by atoms with E-state index in [1.165, 1.54) is 56.3 Å². The van der Waals surface area contributed by atoms with Crippen LogP contribution in [0, 0.1) is 18.8 Å². The average molecular weight is 269 g/mol. The molecule has 20 heavy (non-hydrogen) atoms. The highest BCUT2D eigenvalue weighted by Crippen LogP contribution is 2.45. The van der Waals surface area contributed by atoms with E-state index in [2.05, 4.69) is 23.0 Å². The van der Waals surface area contributed by atoms with E-state index in [4.69, 9.17) is 4.98 Å². The fourth-order valence-corrected chi connectivity index (χ4v) is 4.34. The van der Waals surface area contributed by atoms with E-state index >= 15 is 0 Å². The van der Waals surface area contributed by atoms with Crippen LogP contribution in [0.4, 0.5) is 0 Å². The minimum atomic E-state index is 0.629. The number of imidazole rings is 1. The molecule has 1 N–H and O–H groups in total. The van der Waals surface area contributed by atoms with Crippen molar-refractivity contribution in [3.63, 3.8) is 0 Å². The molecule has 0 amide bonds. The number of H-pyrrole nitrogens is 1. The summed E-state index contributed by atoms with van der Waals surface area (Å²) in [5.41, 5.74) is 3.19. The van der Waals surface area contributed by atoms with Crippen molar-refractivity contribution >= 4 is 11.2 Å². The zero-order valence-corrected chi connectivity index (χ0v) is 12.2. The molecule has 106 valence electrons. The van der Waals surface area contributed by atoms with Crippen molar-refractivity contribution in [2.24, 2.45) is 11.8 Å². The second-order valence-corrected chi connectivity index (χ2v) is 6.82. The summed E-state index contributed by atoms with van der Waals surface area (Å²) in [6, 6.07) is 2.16. The summed E-state index contributed by atoms with van der Waals surface area (Å²) in [4.78, 5) is 12.7. The summed E-state index contributed by atoms with van der Waals surface area (Å²) in [5, 5.41) is 0. The van der Waals surface area contributed by atoms with Crippen molar-refractivity contribution in [3.8, 4) is 0 Å². The quantitative estimate of drug-likeness (QED) is 0.836. The van der Waals surface area contributed by atoms with Crippen LogP contribution in [0.5, 0.6) is 0 Å². The number of nitrogens with zero attached hydrogens (tertiary/aromatic N) is 2. The number of aryl methyl sites for hydroxylation is 1. The maximum absolute atomic E-state index is 4.75. The van der Waals surface area contributed by atoms with Crippen LogP contribution in [0.1, 0.15) is 62.3 Å². The van der Waals surface area contributed by atoms with Gasteiger partial charge in [0, 0.05) is 12.1 Å². The lowest BCUT2D eigenvalue weighted by atomic mass is 9.67. The first-order valence-corrected chi connectivity index (χ1v) is 8.12. The highest BCUT2D eigenvalue weighted by atomic mass is 15.0. The lowest BCUT2D eigenvalue weighted by Crippen LogP contribution is -2.27. The second kappa shape index (κ2) is 4.87. The first kappa shape index (κ1) is 12.4. The van der Waals surface area contributed by atoms with E-state index in [0.29, 0.717) is 5.92 Å². The van der Waals surface area contributed by atoms with E-state index in [9.17, 15) is 0 Å². The van der Waals surface area contributed by atoms with E-state index in [-0.39, 0.29) is 0 Å². The third-order valence-corrected chi connectivity index (χ3v) is 5.42. The second-order valence-electron chi connectivity index (χ2n) is 6.82. The molecule has 3 heteroatoms. The van der Waals surface area contributed by atoms with Crippen LogP contribution in [0.25, 0.3) is 11.2 Å². The van der Waals surface area contributed by atoms with E-state index in [1.54, 1.807) is 0 Å². The average Bonchev–Trinajstić information content (AvgIpc) is 2.89. The third kappa shape index (κ3) is 2.13. The Labute approximate surface area is 120 Å². The number of hydrogen-bond donors (Lipinski definition) is 1. The van der Waals surface area contributed by atoms with Gasteiger partial charge in [-0.05, 0) is 49.7 Å². The fraction of sp³-hybridized carbons (Fsp3) is 0.647. The Hall–Kier alpha value is -1.38. The van der Waals surface area contributed by atoms with Gasteiger partial charge in [-0.15, -0.1) is 0 Å². The third-order valence-electron chi connectivity index (χ3n) is 5.42.